The molecule has 0 spiro atoms. The third kappa shape index (κ3) is 8.99. The second-order valence-electron chi connectivity index (χ2n) is 10.9. The Morgan fingerprint density at radius 2 is 1.47 bits per heavy atom. The summed E-state index contributed by atoms with van der Waals surface area (Å²) in [6.07, 6.45) is 0.812. The molecule has 0 aliphatic carbocycles. The van der Waals surface area contributed by atoms with Gasteiger partial charge in [-0.15, -0.1) is 0 Å². The molecule has 0 aliphatic rings. The number of methoxy groups -OCH3 is 1. The van der Waals surface area contributed by atoms with E-state index < -0.39 is 34.4 Å². The Hall–Kier alpha value is -3.76. The highest BCUT2D eigenvalue weighted by molar-refractivity contribution is 7.92. The highest BCUT2D eigenvalue weighted by Gasteiger charge is 2.35. The zero-order valence-electron chi connectivity index (χ0n) is 26.2. The van der Waals surface area contributed by atoms with Crippen molar-refractivity contribution in [1.82, 2.24) is 10.2 Å². The molecule has 248 valence electrons. The van der Waals surface area contributed by atoms with Crippen molar-refractivity contribution in [1.29, 1.82) is 0 Å². The first-order chi connectivity index (χ1) is 22.5. The van der Waals surface area contributed by atoms with Gasteiger partial charge in [0.05, 0.1) is 22.7 Å². The fraction of sp³-hybridized carbons (Fsp3) is 0.257. The van der Waals surface area contributed by atoms with Gasteiger partial charge < -0.3 is 15.0 Å². The number of hydrogen-bond acceptors (Lipinski definition) is 5. The van der Waals surface area contributed by atoms with E-state index in [-0.39, 0.29) is 34.6 Å². The van der Waals surface area contributed by atoms with Crippen molar-refractivity contribution in [3.63, 3.8) is 0 Å². The zero-order valence-corrected chi connectivity index (χ0v) is 29.3. The van der Waals surface area contributed by atoms with Crippen LogP contribution in [0.5, 0.6) is 5.75 Å². The fourth-order valence-corrected chi connectivity index (χ4v) is 7.10. The van der Waals surface area contributed by atoms with Crippen molar-refractivity contribution < 1.29 is 22.7 Å². The van der Waals surface area contributed by atoms with E-state index in [2.05, 4.69) is 5.32 Å². The minimum Gasteiger partial charge on any atom is -0.495 e. The molecule has 0 aliphatic heterocycles. The summed E-state index contributed by atoms with van der Waals surface area (Å²) in [4.78, 5) is 29.9. The summed E-state index contributed by atoms with van der Waals surface area (Å²) in [5.41, 5.74) is 1.35. The van der Waals surface area contributed by atoms with Crippen LogP contribution in [0.1, 0.15) is 31.4 Å². The molecular weight excluding hydrogens is 681 g/mol. The average molecular weight is 717 g/mol. The van der Waals surface area contributed by atoms with Crippen LogP contribution in [0.4, 0.5) is 5.69 Å². The van der Waals surface area contributed by atoms with Crippen molar-refractivity contribution in [2.75, 3.05) is 18.0 Å². The number of anilines is 1. The van der Waals surface area contributed by atoms with Gasteiger partial charge in [0.2, 0.25) is 11.8 Å². The SMILES string of the molecule is CC[C@@H](C)NC(=O)[C@@H](Cc1ccccc1)N(Cc1c(Cl)cccc1Cl)C(=O)CN(c1ccc(OC)c(Cl)c1)S(=O)(=O)c1ccccc1. The first-order valence-electron chi connectivity index (χ1n) is 14.9. The van der Waals surface area contributed by atoms with Crippen molar-refractivity contribution in [3.05, 3.63) is 123 Å². The largest absolute Gasteiger partial charge is 0.495 e. The Morgan fingerprint density at radius 1 is 0.851 bits per heavy atom. The van der Waals surface area contributed by atoms with Gasteiger partial charge in [-0.25, -0.2) is 8.42 Å². The Bertz CT molecular complexity index is 1770. The molecule has 47 heavy (non-hydrogen) atoms. The van der Waals surface area contributed by atoms with E-state index in [1.54, 1.807) is 36.4 Å². The van der Waals surface area contributed by atoms with Crippen LogP contribution in [0.2, 0.25) is 15.1 Å². The summed E-state index contributed by atoms with van der Waals surface area (Å²) >= 11 is 19.6. The summed E-state index contributed by atoms with van der Waals surface area (Å²) in [6, 6.07) is 25.2. The van der Waals surface area contributed by atoms with E-state index in [1.807, 2.05) is 44.2 Å². The average Bonchev–Trinajstić information content (AvgIpc) is 3.06. The van der Waals surface area contributed by atoms with Gasteiger partial charge in [-0.1, -0.05) is 96.3 Å². The Kier molecular flexibility index (Phi) is 12.6. The maximum absolute atomic E-state index is 14.6. The second kappa shape index (κ2) is 16.4. The summed E-state index contributed by atoms with van der Waals surface area (Å²) < 4.78 is 34.6. The molecule has 0 saturated carbocycles. The molecule has 4 aromatic carbocycles. The molecule has 0 aromatic heterocycles. The van der Waals surface area contributed by atoms with Crippen molar-refractivity contribution >= 4 is 62.3 Å². The minimum atomic E-state index is -4.30. The van der Waals surface area contributed by atoms with Crippen molar-refractivity contribution in [2.24, 2.45) is 0 Å². The van der Waals surface area contributed by atoms with Crippen LogP contribution in [-0.2, 0) is 32.6 Å². The molecule has 12 heteroatoms. The van der Waals surface area contributed by atoms with Crippen molar-refractivity contribution in [2.45, 2.75) is 50.2 Å². The number of benzene rings is 4. The van der Waals surface area contributed by atoms with Crippen LogP contribution >= 0.6 is 34.8 Å². The third-order valence-electron chi connectivity index (χ3n) is 7.70. The molecule has 4 rings (SSSR count). The van der Waals surface area contributed by atoms with Gasteiger partial charge in [0.25, 0.3) is 10.0 Å². The number of rotatable bonds is 14. The van der Waals surface area contributed by atoms with Gasteiger partial charge in [-0.05, 0) is 61.4 Å². The smallest absolute Gasteiger partial charge is 0.264 e. The molecule has 1 N–H and O–H groups in total. The number of carbonyl (C=O) groups excluding carboxylic acids is 2. The Labute approximate surface area is 291 Å². The Morgan fingerprint density at radius 3 is 2.04 bits per heavy atom. The number of sulfonamides is 1. The van der Waals surface area contributed by atoms with E-state index >= 15 is 0 Å². The maximum atomic E-state index is 14.6. The number of nitrogens with one attached hydrogen (secondary N) is 1. The number of ether oxygens (including phenoxy) is 1. The predicted molar refractivity (Wildman–Crippen MR) is 188 cm³/mol. The summed E-state index contributed by atoms with van der Waals surface area (Å²) in [5, 5.41) is 3.75. The molecule has 4 aromatic rings. The topological polar surface area (TPSA) is 96.0 Å². The lowest BCUT2D eigenvalue weighted by atomic mass is 10.0. The van der Waals surface area contributed by atoms with Crippen LogP contribution in [0.3, 0.4) is 0 Å². The fourth-order valence-electron chi connectivity index (χ4n) is 4.91. The van der Waals surface area contributed by atoms with Crippen LogP contribution in [0.25, 0.3) is 0 Å². The van der Waals surface area contributed by atoms with Gasteiger partial charge in [0.15, 0.2) is 0 Å². The summed E-state index contributed by atoms with van der Waals surface area (Å²) in [7, 11) is -2.86. The van der Waals surface area contributed by atoms with Gasteiger partial charge in [-0.3, -0.25) is 13.9 Å². The van der Waals surface area contributed by atoms with E-state index in [4.69, 9.17) is 39.5 Å². The maximum Gasteiger partial charge on any atom is 0.264 e. The van der Waals surface area contributed by atoms with E-state index in [9.17, 15) is 18.0 Å². The molecule has 2 atom stereocenters. The Balaban J connectivity index is 1.86. The monoisotopic (exact) mass is 715 g/mol. The van der Waals surface area contributed by atoms with Crippen LogP contribution in [-0.4, -0.2) is 50.9 Å². The molecule has 8 nitrogen and oxygen atoms in total. The number of hydrogen-bond donors (Lipinski definition) is 1. The van der Waals surface area contributed by atoms with Crippen LogP contribution in [0, 0.1) is 0 Å². The summed E-state index contributed by atoms with van der Waals surface area (Å²) in [6.45, 7) is 2.99. The highest BCUT2D eigenvalue weighted by Crippen LogP contribution is 2.33. The first kappa shape index (κ1) is 36.1. The first-order valence-corrected chi connectivity index (χ1v) is 17.5. The lowest BCUT2D eigenvalue weighted by Gasteiger charge is -2.34. The van der Waals surface area contributed by atoms with E-state index in [1.165, 1.54) is 42.3 Å². The molecular formula is C35H36Cl3N3O5S. The van der Waals surface area contributed by atoms with Crippen LogP contribution < -0.4 is 14.4 Å². The van der Waals surface area contributed by atoms with Gasteiger partial charge in [0, 0.05) is 34.6 Å². The normalized spacial score (nSPS) is 12.6. The van der Waals surface area contributed by atoms with Crippen LogP contribution in [0.15, 0.2) is 102 Å². The molecule has 0 fully saturated rings. The van der Waals surface area contributed by atoms with Gasteiger partial charge in [-0.2, -0.15) is 0 Å². The number of carbonyl (C=O) groups is 2. The molecule has 0 heterocycles. The second-order valence-corrected chi connectivity index (χ2v) is 14.0. The number of amides is 2. The quantitative estimate of drug-likeness (QED) is 0.147. The van der Waals surface area contributed by atoms with E-state index in [0.29, 0.717) is 27.8 Å². The van der Waals surface area contributed by atoms with Gasteiger partial charge >= 0.3 is 0 Å². The molecule has 0 radical (unpaired) electrons. The zero-order chi connectivity index (χ0) is 34.1. The number of halogens is 3. The molecule has 2 amide bonds. The van der Waals surface area contributed by atoms with Crippen molar-refractivity contribution in [3.8, 4) is 5.75 Å². The predicted octanol–water partition coefficient (Wildman–Crippen LogP) is 7.41. The molecule has 0 saturated heterocycles. The third-order valence-corrected chi connectivity index (χ3v) is 10.5. The lowest BCUT2D eigenvalue weighted by molar-refractivity contribution is -0.140. The molecule has 0 unspecified atom stereocenters. The number of nitrogens with zero attached hydrogens (tertiary/aromatic N) is 2. The standard InChI is InChI=1S/C35H36Cl3N3O5S/c1-4-24(2)39-35(43)32(20-25-12-7-5-8-13-25)40(22-28-29(36)16-11-17-30(28)37)34(42)23-41(26-18-19-33(46-3)31(38)21-26)47(44,45)27-14-9-6-10-15-27/h5-19,21,24,32H,4,20,22-23H2,1-3H3,(H,39,43)/t24-,32-/m1/s1. The minimum absolute atomic E-state index is 0.0317. The highest BCUT2D eigenvalue weighted by atomic mass is 35.5. The lowest BCUT2D eigenvalue weighted by Crippen LogP contribution is -2.54. The van der Waals surface area contributed by atoms with E-state index in [0.717, 1.165) is 9.87 Å². The van der Waals surface area contributed by atoms with Gasteiger partial charge in [0.1, 0.15) is 18.3 Å². The summed E-state index contributed by atoms with van der Waals surface area (Å²) in [5.74, 6) is -0.726. The molecule has 0 bridgehead atoms.